The van der Waals surface area contributed by atoms with Crippen molar-refractivity contribution in [3.63, 3.8) is 0 Å². The van der Waals surface area contributed by atoms with E-state index in [9.17, 15) is 22.4 Å². The molecule has 1 atom stereocenters. The Labute approximate surface area is 140 Å². The second-order valence-corrected chi connectivity index (χ2v) is 6.08. The number of carbonyl (C=O) groups excluding carboxylic acids is 1. The Bertz CT molecular complexity index is 727. The minimum Gasteiger partial charge on any atom is -0.433 e. The number of benzene rings is 2. The van der Waals surface area contributed by atoms with Gasteiger partial charge in [-0.3, -0.25) is 4.79 Å². The van der Waals surface area contributed by atoms with E-state index in [1.54, 1.807) is 6.07 Å². The molecule has 2 rings (SSSR count). The Balaban J connectivity index is 2.06. The van der Waals surface area contributed by atoms with Crippen LogP contribution in [0.25, 0.3) is 0 Å². The number of rotatable bonds is 6. The fourth-order valence-corrected chi connectivity index (χ4v) is 2.68. The smallest absolute Gasteiger partial charge is 0.387 e. The van der Waals surface area contributed by atoms with E-state index in [4.69, 9.17) is 0 Å². The molecule has 0 aliphatic heterocycles. The van der Waals surface area contributed by atoms with Crippen LogP contribution < -0.4 is 10.1 Å². The molecule has 1 unspecified atom stereocenters. The second-order valence-electron chi connectivity index (χ2n) is 4.70. The highest BCUT2D eigenvalue weighted by molar-refractivity contribution is 8.00. The molecule has 1 amide bonds. The lowest BCUT2D eigenvalue weighted by Gasteiger charge is -2.15. The van der Waals surface area contributed by atoms with Gasteiger partial charge in [-0.2, -0.15) is 8.78 Å². The fraction of sp³-hybridized carbons (Fsp3) is 0.188. The van der Waals surface area contributed by atoms with Crippen LogP contribution in [0.3, 0.4) is 0 Å². The van der Waals surface area contributed by atoms with Gasteiger partial charge in [-0.1, -0.05) is 12.1 Å². The summed E-state index contributed by atoms with van der Waals surface area (Å²) in [6.07, 6.45) is 0. The van der Waals surface area contributed by atoms with Crippen molar-refractivity contribution in [3.05, 3.63) is 54.1 Å². The number of halogens is 4. The summed E-state index contributed by atoms with van der Waals surface area (Å²) in [5.41, 5.74) is 0.0785. The maximum atomic E-state index is 13.6. The zero-order valence-corrected chi connectivity index (χ0v) is 13.2. The molecule has 0 saturated carbocycles. The predicted octanol–water partition coefficient (Wildman–Crippen LogP) is 4.69. The van der Waals surface area contributed by atoms with Crippen molar-refractivity contribution in [1.82, 2.24) is 0 Å². The van der Waals surface area contributed by atoms with Gasteiger partial charge < -0.3 is 10.1 Å². The first-order chi connectivity index (χ1) is 11.4. The molecule has 3 nitrogen and oxygen atoms in total. The predicted molar refractivity (Wildman–Crippen MR) is 83.4 cm³/mol. The molecule has 0 bridgehead atoms. The number of amides is 1. The van der Waals surface area contributed by atoms with E-state index in [1.165, 1.54) is 31.2 Å². The van der Waals surface area contributed by atoms with Crippen molar-refractivity contribution in [2.45, 2.75) is 23.7 Å². The van der Waals surface area contributed by atoms with Crippen LogP contribution >= 0.6 is 11.8 Å². The largest absolute Gasteiger partial charge is 0.433 e. The second kappa shape index (κ2) is 8.05. The summed E-state index contributed by atoms with van der Waals surface area (Å²) in [5.74, 6) is -2.20. The normalized spacial score (nSPS) is 12.1. The van der Waals surface area contributed by atoms with Crippen molar-refractivity contribution >= 4 is 23.4 Å². The zero-order chi connectivity index (χ0) is 17.7. The number of anilines is 1. The van der Waals surface area contributed by atoms with Crippen LogP contribution in [0.4, 0.5) is 23.2 Å². The van der Waals surface area contributed by atoms with Crippen molar-refractivity contribution in [1.29, 1.82) is 0 Å². The molecule has 0 aliphatic rings. The van der Waals surface area contributed by atoms with Crippen LogP contribution in [-0.2, 0) is 4.79 Å². The number of ether oxygens (including phenoxy) is 1. The molecular formula is C16H13F4NO2S. The first kappa shape index (κ1) is 18.1. The average Bonchev–Trinajstić information content (AvgIpc) is 2.51. The molecule has 0 spiro atoms. The third-order valence-corrected chi connectivity index (χ3v) is 4.08. The van der Waals surface area contributed by atoms with Gasteiger partial charge in [-0.15, -0.1) is 11.8 Å². The molecule has 0 fully saturated rings. The Hall–Kier alpha value is -2.22. The van der Waals surface area contributed by atoms with Crippen molar-refractivity contribution in [2.75, 3.05) is 5.32 Å². The van der Waals surface area contributed by atoms with Gasteiger partial charge in [0.2, 0.25) is 5.91 Å². The number of nitrogens with one attached hydrogen (secondary N) is 1. The summed E-state index contributed by atoms with van der Waals surface area (Å²) in [7, 11) is 0. The monoisotopic (exact) mass is 359 g/mol. The molecule has 2 aromatic rings. The lowest BCUT2D eigenvalue weighted by atomic mass is 10.3. The van der Waals surface area contributed by atoms with E-state index in [-0.39, 0.29) is 16.3 Å². The maximum Gasteiger partial charge on any atom is 0.387 e. The van der Waals surface area contributed by atoms with Crippen LogP contribution in [0.5, 0.6) is 5.75 Å². The molecule has 8 heteroatoms. The Morgan fingerprint density at radius 1 is 1.17 bits per heavy atom. The van der Waals surface area contributed by atoms with Crippen LogP contribution in [-0.4, -0.2) is 17.8 Å². The van der Waals surface area contributed by atoms with E-state index >= 15 is 0 Å². The average molecular weight is 359 g/mol. The van der Waals surface area contributed by atoms with Crippen molar-refractivity contribution in [2.24, 2.45) is 0 Å². The number of para-hydroxylation sites is 2. The first-order valence-electron chi connectivity index (χ1n) is 6.83. The highest BCUT2D eigenvalue weighted by Gasteiger charge is 2.19. The third-order valence-electron chi connectivity index (χ3n) is 2.93. The van der Waals surface area contributed by atoms with Gasteiger partial charge >= 0.3 is 6.61 Å². The zero-order valence-electron chi connectivity index (χ0n) is 12.4. The summed E-state index contributed by atoms with van der Waals surface area (Å²) < 4.78 is 55.5. The van der Waals surface area contributed by atoms with E-state index in [1.807, 2.05) is 0 Å². The van der Waals surface area contributed by atoms with E-state index < -0.39 is 29.4 Å². The molecule has 2 aromatic carbocycles. The number of alkyl halides is 2. The fourth-order valence-electron chi connectivity index (χ4n) is 1.82. The van der Waals surface area contributed by atoms with Gasteiger partial charge in [0.1, 0.15) is 17.4 Å². The van der Waals surface area contributed by atoms with Crippen LogP contribution in [0.1, 0.15) is 6.92 Å². The Kier molecular flexibility index (Phi) is 6.08. The highest BCUT2D eigenvalue weighted by atomic mass is 32.2. The van der Waals surface area contributed by atoms with Crippen LogP contribution in [0.2, 0.25) is 0 Å². The van der Waals surface area contributed by atoms with Crippen LogP contribution in [0.15, 0.2) is 47.4 Å². The van der Waals surface area contributed by atoms with Crippen molar-refractivity contribution < 1.29 is 27.1 Å². The topological polar surface area (TPSA) is 38.3 Å². The molecule has 0 heterocycles. The van der Waals surface area contributed by atoms with Gasteiger partial charge in [0.05, 0.1) is 10.9 Å². The van der Waals surface area contributed by atoms with E-state index in [2.05, 4.69) is 10.1 Å². The molecule has 0 radical (unpaired) electrons. The maximum absolute atomic E-state index is 13.6. The molecule has 0 saturated heterocycles. The highest BCUT2D eigenvalue weighted by Crippen LogP contribution is 2.29. The summed E-state index contributed by atoms with van der Waals surface area (Å²) in [4.78, 5) is 12.3. The number of hydrogen-bond acceptors (Lipinski definition) is 3. The van der Waals surface area contributed by atoms with Gasteiger partial charge in [0, 0.05) is 11.0 Å². The first-order valence-corrected chi connectivity index (χ1v) is 7.71. The molecule has 128 valence electrons. The standard InChI is InChI=1S/C16H13F4NO2S/c1-9(24-14-7-6-10(17)8-11(14)18)15(22)21-12-4-2-3-5-13(12)23-16(19)20/h2-9,16H,1H3,(H,21,22). The minimum atomic E-state index is -3.02. The lowest BCUT2D eigenvalue weighted by Crippen LogP contribution is -2.23. The van der Waals surface area contributed by atoms with Crippen molar-refractivity contribution in [3.8, 4) is 5.75 Å². The number of thioether (sulfide) groups is 1. The number of carbonyl (C=O) groups is 1. The Morgan fingerprint density at radius 2 is 1.88 bits per heavy atom. The summed E-state index contributed by atoms with van der Waals surface area (Å²) in [6, 6.07) is 8.77. The summed E-state index contributed by atoms with van der Waals surface area (Å²) >= 11 is 0.883. The molecule has 0 aliphatic carbocycles. The summed E-state index contributed by atoms with van der Waals surface area (Å²) in [5, 5.41) is 1.71. The van der Waals surface area contributed by atoms with E-state index in [0.29, 0.717) is 0 Å². The lowest BCUT2D eigenvalue weighted by molar-refractivity contribution is -0.115. The number of hydrogen-bond donors (Lipinski definition) is 1. The quantitative estimate of drug-likeness (QED) is 0.601. The molecule has 0 aromatic heterocycles. The Morgan fingerprint density at radius 3 is 2.54 bits per heavy atom. The van der Waals surface area contributed by atoms with Crippen LogP contribution in [0, 0.1) is 11.6 Å². The molecule has 24 heavy (non-hydrogen) atoms. The minimum absolute atomic E-state index is 0.0785. The third kappa shape index (κ3) is 4.89. The molecule has 1 N–H and O–H groups in total. The van der Waals surface area contributed by atoms with Gasteiger partial charge in [0.25, 0.3) is 0 Å². The SMILES string of the molecule is CC(Sc1ccc(F)cc1F)C(=O)Nc1ccccc1OC(F)F. The van der Waals surface area contributed by atoms with Gasteiger partial charge in [0.15, 0.2) is 0 Å². The van der Waals surface area contributed by atoms with Gasteiger partial charge in [-0.25, -0.2) is 8.78 Å². The van der Waals surface area contributed by atoms with Gasteiger partial charge in [-0.05, 0) is 31.2 Å². The molecular weight excluding hydrogens is 346 g/mol. The van der Waals surface area contributed by atoms with E-state index in [0.717, 1.165) is 23.9 Å². The summed E-state index contributed by atoms with van der Waals surface area (Å²) in [6.45, 7) is -1.51.